The summed E-state index contributed by atoms with van der Waals surface area (Å²) in [6.07, 6.45) is 5.57. The van der Waals surface area contributed by atoms with Gasteiger partial charge in [-0.2, -0.15) is 0 Å². The number of nitro groups is 1. The Morgan fingerprint density at radius 1 is 1.16 bits per heavy atom. The molecule has 166 valence electrons. The molecule has 4 amide bonds. The van der Waals surface area contributed by atoms with Gasteiger partial charge in [0.15, 0.2) is 0 Å². The van der Waals surface area contributed by atoms with Crippen LogP contribution < -0.4 is 10.1 Å². The summed E-state index contributed by atoms with van der Waals surface area (Å²) in [5, 5.41) is 13.3. The maximum Gasteiger partial charge on any atom is 0.331 e. The number of furan rings is 1. The summed E-state index contributed by atoms with van der Waals surface area (Å²) < 4.78 is 11.0. The summed E-state index contributed by atoms with van der Waals surface area (Å²) in [6, 6.07) is 6.23. The van der Waals surface area contributed by atoms with E-state index < -0.39 is 22.8 Å². The van der Waals surface area contributed by atoms with Crippen LogP contribution in [0.2, 0.25) is 0 Å². The summed E-state index contributed by atoms with van der Waals surface area (Å²) in [5.41, 5.74) is 0.00689. The molecule has 10 heteroatoms. The summed E-state index contributed by atoms with van der Waals surface area (Å²) in [4.78, 5) is 49.4. The SMILES string of the molecule is COc1ccc([N+](=O)[O-])cc1-c1ccc(C=C2C(=O)NC(=O)N(C3CCCCC3)C2=O)o1. The van der Waals surface area contributed by atoms with Crippen LogP contribution >= 0.6 is 0 Å². The van der Waals surface area contributed by atoms with Crippen molar-refractivity contribution in [2.45, 2.75) is 38.1 Å². The van der Waals surface area contributed by atoms with Crippen LogP contribution in [0.3, 0.4) is 0 Å². The third-order valence-corrected chi connectivity index (χ3v) is 5.65. The number of non-ortho nitro benzene ring substituents is 1. The van der Waals surface area contributed by atoms with Crippen molar-refractivity contribution in [1.29, 1.82) is 0 Å². The number of amides is 4. The molecule has 1 aliphatic heterocycles. The Morgan fingerprint density at radius 2 is 1.91 bits per heavy atom. The minimum Gasteiger partial charge on any atom is -0.496 e. The number of nitrogens with zero attached hydrogens (tertiary/aromatic N) is 2. The largest absolute Gasteiger partial charge is 0.496 e. The maximum absolute atomic E-state index is 13.0. The third-order valence-electron chi connectivity index (χ3n) is 5.65. The first kappa shape index (κ1) is 21.3. The quantitative estimate of drug-likeness (QED) is 0.325. The minimum atomic E-state index is -0.794. The second-order valence-corrected chi connectivity index (χ2v) is 7.63. The first-order valence-corrected chi connectivity index (χ1v) is 10.2. The molecule has 1 saturated carbocycles. The van der Waals surface area contributed by atoms with E-state index in [1.807, 2.05) is 0 Å². The van der Waals surface area contributed by atoms with E-state index >= 15 is 0 Å². The summed E-state index contributed by atoms with van der Waals surface area (Å²) in [5.74, 6) is -0.634. The molecule has 32 heavy (non-hydrogen) atoms. The molecule has 1 saturated heterocycles. The van der Waals surface area contributed by atoms with E-state index in [0.717, 1.165) is 24.2 Å². The van der Waals surface area contributed by atoms with E-state index in [9.17, 15) is 24.5 Å². The number of carbonyl (C=O) groups excluding carboxylic acids is 3. The number of hydrogen-bond acceptors (Lipinski definition) is 7. The zero-order valence-corrected chi connectivity index (χ0v) is 17.3. The monoisotopic (exact) mass is 439 g/mol. The van der Waals surface area contributed by atoms with Crippen molar-refractivity contribution in [2.24, 2.45) is 0 Å². The number of urea groups is 1. The Balaban J connectivity index is 1.65. The highest BCUT2D eigenvalue weighted by atomic mass is 16.6. The van der Waals surface area contributed by atoms with Gasteiger partial charge in [-0.05, 0) is 37.1 Å². The second kappa shape index (κ2) is 8.66. The Bertz CT molecular complexity index is 1130. The summed E-state index contributed by atoms with van der Waals surface area (Å²) in [6.45, 7) is 0. The number of hydrogen-bond donors (Lipinski definition) is 1. The fourth-order valence-corrected chi connectivity index (χ4v) is 4.06. The van der Waals surface area contributed by atoms with E-state index in [2.05, 4.69) is 5.32 Å². The molecule has 1 aromatic carbocycles. The molecule has 1 aliphatic carbocycles. The zero-order chi connectivity index (χ0) is 22.8. The van der Waals surface area contributed by atoms with E-state index in [4.69, 9.17) is 9.15 Å². The predicted molar refractivity (Wildman–Crippen MR) is 113 cm³/mol. The predicted octanol–water partition coefficient (Wildman–Crippen LogP) is 3.66. The van der Waals surface area contributed by atoms with Crippen LogP contribution in [-0.2, 0) is 9.59 Å². The molecule has 0 spiro atoms. The highest BCUT2D eigenvalue weighted by Crippen LogP contribution is 2.35. The van der Waals surface area contributed by atoms with E-state index in [1.165, 1.54) is 37.5 Å². The van der Waals surface area contributed by atoms with Crippen LogP contribution in [0.4, 0.5) is 10.5 Å². The molecule has 0 atom stereocenters. The molecular formula is C22H21N3O7. The third kappa shape index (κ3) is 3.98. The minimum absolute atomic E-state index is 0.138. The molecule has 1 N–H and O–H groups in total. The molecular weight excluding hydrogens is 418 g/mol. The smallest absolute Gasteiger partial charge is 0.331 e. The average Bonchev–Trinajstić information content (AvgIpc) is 3.25. The van der Waals surface area contributed by atoms with Crippen LogP contribution in [0.5, 0.6) is 5.75 Å². The van der Waals surface area contributed by atoms with Gasteiger partial charge in [0.25, 0.3) is 17.5 Å². The van der Waals surface area contributed by atoms with Crippen molar-refractivity contribution < 1.29 is 28.5 Å². The van der Waals surface area contributed by atoms with Gasteiger partial charge in [-0.15, -0.1) is 0 Å². The van der Waals surface area contributed by atoms with Crippen LogP contribution in [0, 0.1) is 10.1 Å². The van der Waals surface area contributed by atoms with Crippen molar-refractivity contribution in [3.8, 4) is 17.1 Å². The van der Waals surface area contributed by atoms with Gasteiger partial charge in [0.2, 0.25) is 0 Å². The lowest BCUT2D eigenvalue weighted by atomic mass is 9.93. The lowest BCUT2D eigenvalue weighted by Crippen LogP contribution is -2.58. The molecule has 2 aromatic rings. The fraction of sp³-hybridized carbons (Fsp3) is 0.318. The molecule has 0 bridgehead atoms. The highest BCUT2D eigenvalue weighted by molar-refractivity contribution is 6.31. The number of carbonyl (C=O) groups is 3. The molecule has 0 radical (unpaired) electrons. The lowest BCUT2D eigenvalue weighted by molar-refractivity contribution is -0.384. The van der Waals surface area contributed by atoms with Gasteiger partial charge >= 0.3 is 6.03 Å². The molecule has 2 heterocycles. The number of barbiturate groups is 1. The van der Waals surface area contributed by atoms with Crippen LogP contribution in [0.15, 0.2) is 40.3 Å². The first-order valence-electron chi connectivity index (χ1n) is 10.2. The van der Waals surface area contributed by atoms with Gasteiger partial charge < -0.3 is 9.15 Å². The number of nitro benzene ring substituents is 1. The topological polar surface area (TPSA) is 132 Å². The standard InChI is InChI=1S/C22H21N3O7/c1-31-18-9-7-14(25(29)30)11-16(18)19-10-8-15(32-19)12-17-20(26)23-22(28)24(21(17)27)13-5-3-2-4-6-13/h7-13H,2-6H2,1H3,(H,23,26,28). The summed E-state index contributed by atoms with van der Waals surface area (Å²) >= 11 is 0. The average molecular weight is 439 g/mol. The fourth-order valence-electron chi connectivity index (χ4n) is 4.06. The number of imide groups is 2. The maximum atomic E-state index is 13.0. The number of ether oxygens (including phenoxy) is 1. The highest BCUT2D eigenvalue weighted by Gasteiger charge is 2.40. The van der Waals surface area contributed by atoms with Gasteiger partial charge in [-0.25, -0.2) is 4.79 Å². The van der Waals surface area contributed by atoms with Crippen LogP contribution in [0.1, 0.15) is 37.9 Å². The second-order valence-electron chi connectivity index (χ2n) is 7.63. The van der Waals surface area contributed by atoms with E-state index in [0.29, 0.717) is 24.2 Å². The number of methoxy groups -OCH3 is 1. The van der Waals surface area contributed by atoms with Crippen molar-refractivity contribution in [3.63, 3.8) is 0 Å². The Morgan fingerprint density at radius 3 is 2.59 bits per heavy atom. The number of rotatable bonds is 5. The number of nitrogens with one attached hydrogen (secondary N) is 1. The molecule has 2 aliphatic rings. The zero-order valence-electron chi connectivity index (χ0n) is 17.3. The van der Waals surface area contributed by atoms with Gasteiger partial charge in [0.1, 0.15) is 22.8 Å². The van der Waals surface area contributed by atoms with Gasteiger partial charge in [0, 0.05) is 18.2 Å². The van der Waals surface area contributed by atoms with Crippen molar-refractivity contribution in [1.82, 2.24) is 10.2 Å². The Hall–Kier alpha value is -3.95. The van der Waals surface area contributed by atoms with Crippen LogP contribution in [-0.4, -0.2) is 40.8 Å². The summed E-state index contributed by atoms with van der Waals surface area (Å²) in [7, 11) is 1.43. The van der Waals surface area contributed by atoms with Gasteiger partial charge in [-0.1, -0.05) is 19.3 Å². The van der Waals surface area contributed by atoms with Gasteiger partial charge in [-0.3, -0.25) is 29.9 Å². The van der Waals surface area contributed by atoms with Crippen molar-refractivity contribution in [3.05, 3.63) is 51.8 Å². The Labute approximate surface area is 183 Å². The lowest BCUT2D eigenvalue weighted by Gasteiger charge is -2.35. The number of benzene rings is 1. The molecule has 10 nitrogen and oxygen atoms in total. The van der Waals surface area contributed by atoms with Crippen molar-refractivity contribution in [2.75, 3.05) is 7.11 Å². The van der Waals surface area contributed by atoms with Crippen LogP contribution in [0.25, 0.3) is 17.4 Å². The molecule has 4 rings (SSSR count). The molecule has 2 fully saturated rings. The first-order chi connectivity index (χ1) is 15.4. The molecule has 0 unspecified atom stereocenters. The Kier molecular flexibility index (Phi) is 5.76. The normalized spacial score (nSPS) is 18.7. The van der Waals surface area contributed by atoms with E-state index in [1.54, 1.807) is 6.07 Å². The van der Waals surface area contributed by atoms with Crippen molar-refractivity contribution >= 4 is 29.6 Å². The van der Waals surface area contributed by atoms with Gasteiger partial charge in [0.05, 0.1) is 17.6 Å². The van der Waals surface area contributed by atoms with E-state index in [-0.39, 0.29) is 28.8 Å². The molecule has 1 aromatic heterocycles.